The molecule has 0 fully saturated rings. The van der Waals surface area contributed by atoms with Crippen LogP contribution >= 0.6 is 22.6 Å². The zero-order valence-corrected chi connectivity index (χ0v) is 7.53. The van der Waals surface area contributed by atoms with Gasteiger partial charge < -0.3 is 0 Å². The van der Waals surface area contributed by atoms with Crippen molar-refractivity contribution in [3.8, 4) is 0 Å². The first-order valence-electron chi connectivity index (χ1n) is 2.85. The Kier molecular flexibility index (Phi) is 6.25. The number of alkyl halides is 1. The second kappa shape index (κ2) is 5.78. The van der Waals surface area contributed by atoms with E-state index in [2.05, 4.69) is 47.3 Å². The summed E-state index contributed by atoms with van der Waals surface area (Å²) in [6.07, 6.45) is 0. The van der Waals surface area contributed by atoms with Crippen LogP contribution in [0, 0.1) is 0 Å². The molecule has 0 aromatic rings. The maximum atomic E-state index is 3.12. The van der Waals surface area contributed by atoms with E-state index in [-0.39, 0.29) is 0 Å². The first kappa shape index (κ1) is 8.65. The van der Waals surface area contributed by atoms with E-state index in [1.807, 2.05) is 0 Å². The van der Waals surface area contributed by atoms with Crippen LogP contribution in [-0.2, 0) is 0 Å². The molecule has 0 aliphatic carbocycles. The largest absolute Gasteiger partial charge is 0.258 e. The Morgan fingerprint density at radius 2 is 2.25 bits per heavy atom. The SMILES string of the molecule is CCNNC(C)CI. The van der Waals surface area contributed by atoms with E-state index >= 15 is 0 Å². The second-order valence-electron chi connectivity index (χ2n) is 1.73. The Morgan fingerprint density at radius 1 is 1.62 bits per heavy atom. The Bertz CT molecular complexity index is 49.7. The van der Waals surface area contributed by atoms with Gasteiger partial charge in [-0.1, -0.05) is 29.5 Å². The molecule has 0 rings (SSSR count). The lowest BCUT2D eigenvalue weighted by Crippen LogP contribution is -2.39. The zero-order chi connectivity index (χ0) is 6.41. The molecule has 0 amide bonds. The van der Waals surface area contributed by atoms with Crippen LogP contribution in [0.4, 0.5) is 0 Å². The summed E-state index contributed by atoms with van der Waals surface area (Å²) >= 11 is 2.35. The summed E-state index contributed by atoms with van der Waals surface area (Å²) in [7, 11) is 0. The topological polar surface area (TPSA) is 24.1 Å². The number of hydrazine groups is 1. The number of halogens is 1. The van der Waals surface area contributed by atoms with Gasteiger partial charge in [-0.15, -0.1) is 0 Å². The average molecular weight is 228 g/mol. The molecular formula is C5H13IN2. The quantitative estimate of drug-likeness (QED) is 0.425. The third-order valence-corrected chi connectivity index (χ3v) is 2.08. The second-order valence-corrected chi connectivity index (χ2v) is 2.61. The van der Waals surface area contributed by atoms with Crippen molar-refractivity contribution in [3.63, 3.8) is 0 Å². The van der Waals surface area contributed by atoms with Gasteiger partial charge in [-0.3, -0.25) is 10.9 Å². The van der Waals surface area contributed by atoms with E-state index in [9.17, 15) is 0 Å². The molecule has 1 unspecified atom stereocenters. The minimum absolute atomic E-state index is 0.579. The first-order chi connectivity index (χ1) is 3.81. The highest BCUT2D eigenvalue weighted by atomic mass is 127. The summed E-state index contributed by atoms with van der Waals surface area (Å²) in [5.41, 5.74) is 6.17. The molecule has 0 bridgehead atoms. The molecule has 2 nitrogen and oxygen atoms in total. The van der Waals surface area contributed by atoms with Gasteiger partial charge >= 0.3 is 0 Å². The predicted molar refractivity (Wildman–Crippen MR) is 45.2 cm³/mol. The van der Waals surface area contributed by atoms with E-state index in [4.69, 9.17) is 0 Å². The highest BCUT2D eigenvalue weighted by molar-refractivity contribution is 14.1. The van der Waals surface area contributed by atoms with Crippen LogP contribution in [0.15, 0.2) is 0 Å². The molecule has 0 aromatic heterocycles. The van der Waals surface area contributed by atoms with Gasteiger partial charge in [-0.05, 0) is 6.92 Å². The van der Waals surface area contributed by atoms with Crippen LogP contribution in [0.2, 0.25) is 0 Å². The Labute approximate surface area is 64.5 Å². The minimum Gasteiger partial charge on any atom is -0.258 e. The zero-order valence-electron chi connectivity index (χ0n) is 5.37. The van der Waals surface area contributed by atoms with Gasteiger partial charge in [0.1, 0.15) is 0 Å². The minimum atomic E-state index is 0.579. The fourth-order valence-electron chi connectivity index (χ4n) is 0.315. The lowest BCUT2D eigenvalue weighted by molar-refractivity contribution is 0.495. The van der Waals surface area contributed by atoms with Crippen molar-refractivity contribution >= 4 is 22.6 Å². The van der Waals surface area contributed by atoms with E-state index in [0.29, 0.717) is 6.04 Å². The van der Waals surface area contributed by atoms with Crippen molar-refractivity contribution in [1.29, 1.82) is 0 Å². The van der Waals surface area contributed by atoms with Crippen LogP contribution in [0.25, 0.3) is 0 Å². The number of rotatable bonds is 4. The molecule has 1 atom stereocenters. The highest BCUT2D eigenvalue weighted by Gasteiger charge is 1.92. The summed E-state index contributed by atoms with van der Waals surface area (Å²) < 4.78 is 1.14. The summed E-state index contributed by atoms with van der Waals surface area (Å²) in [6.45, 7) is 5.21. The molecule has 50 valence electrons. The maximum absolute atomic E-state index is 3.12. The molecule has 0 saturated heterocycles. The summed E-state index contributed by atoms with van der Waals surface area (Å²) in [5.74, 6) is 0. The van der Waals surface area contributed by atoms with E-state index in [0.717, 1.165) is 11.0 Å². The van der Waals surface area contributed by atoms with Gasteiger partial charge in [0.25, 0.3) is 0 Å². The predicted octanol–water partition coefficient (Wildman–Crippen LogP) is 0.924. The van der Waals surface area contributed by atoms with E-state index < -0.39 is 0 Å². The van der Waals surface area contributed by atoms with Crippen LogP contribution < -0.4 is 10.9 Å². The molecule has 8 heavy (non-hydrogen) atoms. The molecule has 0 aromatic carbocycles. The molecule has 2 N–H and O–H groups in total. The van der Waals surface area contributed by atoms with Crippen molar-refractivity contribution in [2.24, 2.45) is 0 Å². The van der Waals surface area contributed by atoms with Gasteiger partial charge in [0.2, 0.25) is 0 Å². The smallest absolute Gasteiger partial charge is 0.0274 e. The van der Waals surface area contributed by atoms with Crippen LogP contribution in [0.5, 0.6) is 0 Å². The van der Waals surface area contributed by atoms with Gasteiger partial charge in [0, 0.05) is 17.0 Å². The Hall–Kier alpha value is 0.650. The monoisotopic (exact) mass is 228 g/mol. The summed E-state index contributed by atoms with van der Waals surface area (Å²) in [6, 6.07) is 0.579. The number of hydrogen-bond acceptors (Lipinski definition) is 2. The van der Waals surface area contributed by atoms with Gasteiger partial charge in [0.15, 0.2) is 0 Å². The number of nitrogens with one attached hydrogen (secondary N) is 2. The molecule has 0 saturated carbocycles. The average Bonchev–Trinajstić information content (AvgIpc) is 1.83. The van der Waals surface area contributed by atoms with Crippen molar-refractivity contribution in [1.82, 2.24) is 10.9 Å². The Morgan fingerprint density at radius 3 is 2.62 bits per heavy atom. The van der Waals surface area contributed by atoms with Gasteiger partial charge in [0.05, 0.1) is 0 Å². The fourth-order valence-corrected chi connectivity index (χ4v) is 0.535. The Balaban J connectivity index is 2.86. The molecule has 0 radical (unpaired) electrons. The van der Waals surface area contributed by atoms with Crippen LogP contribution in [0.1, 0.15) is 13.8 Å². The maximum Gasteiger partial charge on any atom is 0.0274 e. The lowest BCUT2D eigenvalue weighted by atomic mass is 10.4. The fraction of sp³-hybridized carbons (Fsp3) is 1.00. The molecular weight excluding hydrogens is 215 g/mol. The molecule has 0 heterocycles. The van der Waals surface area contributed by atoms with Crippen molar-refractivity contribution in [2.45, 2.75) is 19.9 Å². The highest BCUT2D eigenvalue weighted by Crippen LogP contribution is 1.86. The molecule has 0 spiro atoms. The van der Waals surface area contributed by atoms with Crippen LogP contribution in [-0.4, -0.2) is 17.0 Å². The summed E-state index contributed by atoms with van der Waals surface area (Å²) in [4.78, 5) is 0. The van der Waals surface area contributed by atoms with Crippen LogP contribution in [0.3, 0.4) is 0 Å². The van der Waals surface area contributed by atoms with Crippen molar-refractivity contribution in [2.75, 3.05) is 11.0 Å². The lowest BCUT2D eigenvalue weighted by Gasteiger charge is -2.09. The third-order valence-electron chi connectivity index (χ3n) is 0.757. The first-order valence-corrected chi connectivity index (χ1v) is 4.38. The normalized spacial score (nSPS) is 13.9. The van der Waals surface area contributed by atoms with E-state index in [1.54, 1.807) is 0 Å². The van der Waals surface area contributed by atoms with Crippen molar-refractivity contribution < 1.29 is 0 Å². The van der Waals surface area contributed by atoms with Gasteiger partial charge in [-0.25, -0.2) is 0 Å². The van der Waals surface area contributed by atoms with Crippen molar-refractivity contribution in [3.05, 3.63) is 0 Å². The molecule has 0 aliphatic heterocycles. The molecule has 0 aliphatic rings. The van der Waals surface area contributed by atoms with Gasteiger partial charge in [-0.2, -0.15) is 0 Å². The number of hydrogen-bond donors (Lipinski definition) is 2. The summed E-state index contributed by atoms with van der Waals surface area (Å²) in [5, 5.41) is 0. The van der Waals surface area contributed by atoms with E-state index in [1.165, 1.54) is 0 Å². The standard InChI is InChI=1S/C5H13IN2/c1-3-7-8-5(2)4-6/h5,7-8H,3-4H2,1-2H3. The molecule has 3 heteroatoms. The third kappa shape index (κ3) is 4.80.